The van der Waals surface area contributed by atoms with E-state index in [1.807, 2.05) is 6.92 Å². The summed E-state index contributed by atoms with van der Waals surface area (Å²) in [5, 5.41) is 10.8. The van der Waals surface area contributed by atoms with Crippen molar-refractivity contribution in [3.05, 3.63) is 24.3 Å². The Morgan fingerprint density at radius 2 is 1.88 bits per heavy atom. The van der Waals surface area contributed by atoms with Gasteiger partial charge in [-0.3, -0.25) is 5.11 Å². The minimum atomic E-state index is -3.51. The molecule has 1 radical (unpaired) electrons. The number of sulfonamides is 1. The first-order valence-electron chi connectivity index (χ1n) is 5.41. The molecule has 1 rings (SSSR count). The lowest BCUT2D eigenvalue weighted by atomic mass is 10.3. The quantitative estimate of drug-likeness (QED) is 0.754. The third-order valence-corrected chi connectivity index (χ3v) is 3.57. The van der Waals surface area contributed by atoms with Gasteiger partial charge in [0.05, 0.1) is 4.90 Å². The van der Waals surface area contributed by atoms with Crippen LogP contribution < -0.4 is 4.72 Å². The van der Waals surface area contributed by atoms with Crippen molar-refractivity contribution in [1.29, 1.82) is 0 Å². The van der Waals surface area contributed by atoms with E-state index >= 15 is 0 Å². The molecule has 0 unspecified atom stereocenters. The highest BCUT2D eigenvalue weighted by atomic mass is 32.2. The molecule has 0 heterocycles. The molecule has 0 amide bonds. The lowest BCUT2D eigenvalue weighted by Crippen LogP contribution is -2.25. The Morgan fingerprint density at radius 1 is 1.24 bits per heavy atom. The maximum Gasteiger partial charge on any atom is 0.240 e. The number of benzene rings is 1. The molecule has 1 aromatic rings. The summed E-state index contributed by atoms with van der Waals surface area (Å²) in [7, 11) is -3.51. The summed E-state index contributed by atoms with van der Waals surface area (Å²) >= 11 is 0. The van der Waals surface area contributed by atoms with E-state index in [-0.39, 0.29) is 10.6 Å². The van der Waals surface area contributed by atoms with Crippen molar-refractivity contribution in [2.45, 2.75) is 18.2 Å². The summed E-state index contributed by atoms with van der Waals surface area (Å²) in [5.74, 6) is -0.208. The summed E-state index contributed by atoms with van der Waals surface area (Å²) in [6.07, 6.45) is 0.618. The van der Waals surface area contributed by atoms with Crippen LogP contribution in [-0.4, -0.2) is 28.2 Å². The fraction of sp³-hybridized carbons (Fsp3) is 0.455. The van der Waals surface area contributed by atoms with Crippen LogP contribution in [0.5, 0.6) is 5.75 Å². The van der Waals surface area contributed by atoms with Crippen LogP contribution in [-0.2, 0) is 19.9 Å². The molecule has 0 spiro atoms. The molecule has 0 fully saturated rings. The van der Waals surface area contributed by atoms with Crippen LogP contribution in [0.1, 0.15) is 13.3 Å². The SMILES string of the molecule is CCOCCCNS(=O)(=O)c1ccc([O])cc1. The van der Waals surface area contributed by atoms with E-state index in [9.17, 15) is 13.5 Å². The zero-order valence-corrected chi connectivity index (χ0v) is 10.5. The van der Waals surface area contributed by atoms with E-state index in [1.54, 1.807) is 0 Å². The van der Waals surface area contributed by atoms with Gasteiger partial charge in [-0.1, -0.05) is 0 Å². The van der Waals surface area contributed by atoms with E-state index in [1.165, 1.54) is 24.3 Å². The van der Waals surface area contributed by atoms with E-state index in [0.717, 1.165) is 0 Å². The van der Waals surface area contributed by atoms with Crippen LogP contribution in [0.2, 0.25) is 0 Å². The third kappa shape index (κ3) is 4.72. The average Bonchev–Trinajstić information content (AvgIpc) is 2.29. The van der Waals surface area contributed by atoms with Gasteiger partial charge in [0.1, 0.15) is 0 Å². The summed E-state index contributed by atoms with van der Waals surface area (Å²) in [6.45, 7) is 3.35. The highest BCUT2D eigenvalue weighted by Crippen LogP contribution is 2.14. The van der Waals surface area contributed by atoms with Crippen molar-refractivity contribution >= 4 is 10.0 Å². The number of ether oxygens (including phenoxy) is 1. The summed E-state index contributed by atoms with van der Waals surface area (Å²) in [6, 6.07) is 5.06. The normalized spacial score (nSPS) is 11.6. The Morgan fingerprint density at radius 3 is 2.47 bits per heavy atom. The van der Waals surface area contributed by atoms with Crippen LogP contribution in [0.15, 0.2) is 29.2 Å². The highest BCUT2D eigenvalue weighted by Gasteiger charge is 2.12. The van der Waals surface area contributed by atoms with E-state index in [4.69, 9.17) is 4.74 Å². The second-order valence-corrected chi connectivity index (χ2v) is 5.19. The summed E-state index contributed by atoms with van der Waals surface area (Å²) < 4.78 is 31.0. The molecule has 0 aliphatic rings. The predicted octanol–water partition coefficient (Wildman–Crippen LogP) is 1.54. The first kappa shape index (κ1) is 14.0. The van der Waals surface area contributed by atoms with Gasteiger partial charge in [0.2, 0.25) is 10.0 Å². The second kappa shape index (κ2) is 6.58. The number of rotatable bonds is 7. The van der Waals surface area contributed by atoms with Gasteiger partial charge in [-0.2, -0.15) is 0 Å². The van der Waals surface area contributed by atoms with Gasteiger partial charge in [-0.25, -0.2) is 13.1 Å². The molecule has 0 saturated heterocycles. The number of hydrogen-bond acceptors (Lipinski definition) is 3. The zero-order chi connectivity index (χ0) is 12.7. The van der Waals surface area contributed by atoms with Crippen LogP contribution in [0.3, 0.4) is 0 Å². The predicted molar refractivity (Wildman–Crippen MR) is 62.9 cm³/mol. The summed E-state index contributed by atoms with van der Waals surface area (Å²) in [5.41, 5.74) is 0. The average molecular weight is 258 g/mol. The largest absolute Gasteiger partial charge is 0.382 e. The van der Waals surface area contributed by atoms with Crippen molar-refractivity contribution < 1.29 is 18.3 Å². The van der Waals surface area contributed by atoms with Crippen molar-refractivity contribution in [3.8, 4) is 5.75 Å². The number of nitrogens with one attached hydrogen (secondary N) is 1. The molecule has 1 N–H and O–H groups in total. The molecule has 6 heteroatoms. The Labute approximate surface area is 101 Å². The van der Waals surface area contributed by atoms with Crippen LogP contribution >= 0.6 is 0 Å². The molecule has 0 bridgehead atoms. The molecular weight excluding hydrogens is 242 g/mol. The third-order valence-electron chi connectivity index (χ3n) is 2.10. The Bertz CT molecular complexity index is 427. The maximum absolute atomic E-state index is 11.7. The van der Waals surface area contributed by atoms with E-state index < -0.39 is 10.0 Å². The smallest absolute Gasteiger partial charge is 0.240 e. The van der Waals surface area contributed by atoms with Gasteiger partial charge in [0, 0.05) is 19.8 Å². The topological polar surface area (TPSA) is 75.3 Å². The second-order valence-electron chi connectivity index (χ2n) is 3.42. The van der Waals surface area contributed by atoms with Crippen molar-refractivity contribution in [3.63, 3.8) is 0 Å². The van der Waals surface area contributed by atoms with Crippen LogP contribution in [0.4, 0.5) is 0 Å². The maximum atomic E-state index is 11.7. The van der Waals surface area contributed by atoms with Gasteiger partial charge in [0.25, 0.3) is 0 Å². The molecule has 17 heavy (non-hydrogen) atoms. The molecule has 0 aromatic heterocycles. The lowest BCUT2D eigenvalue weighted by Gasteiger charge is -2.06. The molecule has 0 aliphatic carbocycles. The minimum Gasteiger partial charge on any atom is -0.382 e. The first-order chi connectivity index (χ1) is 8.06. The van der Waals surface area contributed by atoms with Gasteiger partial charge in [-0.05, 0) is 37.6 Å². The van der Waals surface area contributed by atoms with E-state index in [2.05, 4.69) is 4.72 Å². The van der Waals surface area contributed by atoms with E-state index in [0.29, 0.717) is 26.2 Å². The van der Waals surface area contributed by atoms with Crippen molar-refractivity contribution in [2.75, 3.05) is 19.8 Å². The molecule has 95 valence electrons. The molecular formula is C11H16NO4S. The highest BCUT2D eigenvalue weighted by molar-refractivity contribution is 7.89. The van der Waals surface area contributed by atoms with Gasteiger partial charge < -0.3 is 4.74 Å². The lowest BCUT2D eigenvalue weighted by molar-refractivity contribution is 0.146. The Balaban J connectivity index is 2.48. The molecule has 1 aromatic carbocycles. The fourth-order valence-electron chi connectivity index (χ4n) is 1.23. The van der Waals surface area contributed by atoms with Crippen LogP contribution in [0, 0.1) is 0 Å². The summed E-state index contributed by atoms with van der Waals surface area (Å²) in [4.78, 5) is 0.105. The van der Waals surface area contributed by atoms with Crippen molar-refractivity contribution in [1.82, 2.24) is 4.72 Å². The van der Waals surface area contributed by atoms with Gasteiger partial charge in [0.15, 0.2) is 5.75 Å². The molecule has 5 nitrogen and oxygen atoms in total. The van der Waals surface area contributed by atoms with Gasteiger partial charge >= 0.3 is 0 Å². The Kier molecular flexibility index (Phi) is 5.40. The first-order valence-corrected chi connectivity index (χ1v) is 6.89. The molecule has 0 aliphatic heterocycles. The monoisotopic (exact) mass is 258 g/mol. The standard InChI is InChI=1S/C11H16NO4S/c1-2-16-9-3-8-12-17(14,15)11-6-4-10(13)5-7-11/h4-7,12H,2-3,8-9H2,1H3. The van der Waals surface area contributed by atoms with Crippen LogP contribution in [0.25, 0.3) is 0 Å². The Hall–Kier alpha value is -1.11. The number of hydrogen-bond donors (Lipinski definition) is 1. The van der Waals surface area contributed by atoms with Gasteiger partial charge in [-0.15, -0.1) is 0 Å². The van der Waals surface area contributed by atoms with Crippen molar-refractivity contribution in [2.24, 2.45) is 0 Å². The fourth-order valence-corrected chi connectivity index (χ4v) is 2.30. The molecule has 0 saturated carbocycles. The minimum absolute atomic E-state index is 0.105. The zero-order valence-electron chi connectivity index (χ0n) is 9.68. The molecule has 0 atom stereocenters.